The number of carbonyl (C=O) groups is 1. The molecule has 0 radical (unpaired) electrons. The molecule has 27 heavy (non-hydrogen) atoms. The van der Waals surface area contributed by atoms with E-state index in [0.29, 0.717) is 29.4 Å². The zero-order valence-corrected chi connectivity index (χ0v) is 17.4. The van der Waals surface area contributed by atoms with Gasteiger partial charge in [0.25, 0.3) is 0 Å². The fourth-order valence-electron chi connectivity index (χ4n) is 3.07. The first kappa shape index (κ1) is 21.6. The quantitative estimate of drug-likeness (QED) is 0.627. The molecule has 0 spiro atoms. The number of carbonyl (C=O) groups excluding carboxylic acids is 1. The largest absolute Gasteiger partial charge is 0.495 e. The first-order valence-corrected chi connectivity index (χ1v) is 11.3. The van der Waals surface area contributed by atoms with Crippen LogP contribution in [0.25, 0.3) is 0 Å². The fourth-order valence-corrected chi connectivity index (χ4v) is 4.20. The number of amides is 1. The SMILES string of the molecule is COc1ccc(Cl)cc1N(CCCC(=O)NCC1=CCCCC1)S(C)(=O)=O. The minimum atomic E-state index is -3.54. The summed E-state index contributed by atoms with van der Waals surface area (Å²) in [4.78, 5) is 12.1. The van der Waals surface area contributed by atoms with E-state index in [1.165, 1.54) is 29.8 Å². The van der Waals surface area contributed by atoms with Gasteiger partial charge in [0.05, 0.1) is 19.1 Å². The van der Waals surface area contributed by atoms with Crippen molar-refractivity contribution in [3.63, 3.8) is 0 Å². The van der Waals surface area contributed by atoms with E-state index in [2.05, 4.69) is 11.4 Å². The van der Waals surface area contributed by atoms with Gasteiger partial charge in [0, 0.05) is 24.5 Å². The molecule has 1 aromatic rings. The second-order valence-corrected chi connectivity index (χ2v) is 8.98. The molecule has 1 amide bonds. The Bertz CT molecular complexity index is 793. The van der Waals surface area contributed by atoms with Gasteiger partial charge < -0.3 is 10.1 Å². The van der Waals surface area contributed by atoms with E-state index in [-0.39, 0.29) is 18.9 Å². The van der Waals surface area contributed by atoms with Crippen LogP contribution in [0.15, 0.2) is 29.8 Å². The smallest absolute Gasteiger partial charge is 0.232 e. The first-order valence-electron chi connectivity index (χ1n) is 9.07. The van der Waals surface area contributed by atoms with Crippen molar-refractivity contribution in [1.82, 2.24) is 5.32 Å². The van der Waals surface area contributed by atoms with Crippen molar-refractivity contribution in [1.29, 1.82) is 0 Å². The number of nitrogens with zero attached hydrogens (tertiary/aromatic N) is 1. The third kappa shape index (κ3) is 6.74. The standard InChI is InChI=1S/C19H27ClN2O4S/c1-26-18-11-10-16(20)13-17(18)22(27(2,24)25)12-6-9-19(23)21-14-15-7-4-3-5-8-15/h7,10-11,13H,3-6,8-9,12,14H2,1-2H3,(H,21,23). The summed E-state index contributed by atoms with van der Waals surface area (Å²) in [6, 6.07) is 4.81. The monoisotopic (exact) mass is 414 g/mol. The van der Waals surface area contributed by atoms with Crippen LogP contribution in [0.3, 0.4) is 0 Å². The third-order valence-corrected chi connectivity index (χ3v) is 5.89. The summed E-state index contributed by atoms with van der Waals surface area (Å²) in [5.74, 6) is 0.339. The highest BCUT2D eigenvalue weighted by molar-refractivity contribution is 7.92. The number of allylic oxidation sites excluding steroid dienone is 1. The lowest BCUT2D eigenvalue weighted by atomic mass is 10.00. The highest BCUT2D eigenvalue weighted by Crippen LogP contribution is 2.33. The molecule has 0 heterocycles. The maximum Gasteiger partial charge on any atom is 0.232 e. The van der Waals surface area contributed by atoms with E-state index in [1.807, 2.05) is 0 Å². The Morgan fingerprint density at radius 3 is 2.74 bits per heavy atom. The van der Waals surface area contributed by atoms with Crippen molar-refractivity contribution in [3.05, 3.63) is 34.9 Å². The van der Waals surface area contributed by atoms with Crippen molar-refractivity contribution in [2.24, 2.45) is 0 Å². The van der Waals surface area contributed by atoms with Gasteiger partial charge in [0.15, 0.2) is 0 Å². The lowest BCUT2D eigenvalue weighted by molar-refractivity contribution is -0.120. The minimum absolute atomic E-state index is 0.0759. The summed E-state index contributed by atoms with van der Waals surface area (Å²) in [6.07, 6.45) is 8.48. The fraction of sp³-hybridized carbons (Fsp3) is 0.526. The lowest BCUT2D eigenvalue weighted by Gasteiger charge is -2.24. The summed E-state index contributed by atoms with van der Waals surface area (Å²) in [7, 11) is -2.07. The average molecular weight is 415 g/mol. The molecule has 0 fully saturated rings. The van der Waals surface area contributed by atoms with Crippen molar-refractivity contribution < 1.29 is 17.9 Å². The maximum absolute atomic E-state index is 12.2. The topological polar surface area (TPSA) is 75.7 Å². The van der Waals surface area contributed by atoms with Crippen LogP contribution in [-0.4, -0.2) is 40.8 Å². The molecule has 0 atom stereocenters. The molecule has 0 saturated carbocycles. The van der Waals surface area contributed by atoms with Crippen LogP contribution in [0.5, 0.6) is 5.75 Å². The molecule has 0 bridgehead atoms. The van der Waals surface area contributed by atoms with Gasteiger partial charge in [-0.2, -0.15) is 0 Å². The van der Waals surface area contributed by atoms with Gasteiger partial charge in [-0.3, -0.25) is 9.10 Å². The van der Waals surface area contributed by atoms with E-state index in [0.717, 1.165) is 19.1 Å². The molecule has 1 aliphatic rings. The van der Waals surface area contributed by atoms with E-state index < -0.39 is 10.0 Å². The molecule has 0 aromatic heterocycles. The Balaban J connectivity index is 1.94. The maximum atomic E-state index is 12.2. The van der Waals surface area contributed by atoms with Crippen LogP contribution in [0, 0.1) is 0 Å². The van der Waals surface area contributed by atoms with Gasteiger partial charge in [0.2, 0.25) is 15.9 Å². The number of hydrogen-bond donors (Lipinski definition) is 1. The Kier molecular flexibility index (Phi) is 7.98. The number of rotatable bonds is 9. The molecule has 0 aliphatic heterocycles. The molecule has 150 valence electrons. The van der Waals surface area contributed by atoms with E-state index in [4.69, 9.17) is 16.3 Å². The number of benzene rings is 1. The zero-order chi connectivity index (χ0) is 19.9. The van der Waals surface area contributed by atoms with Gasteiger partial charge in [-0.05, 0) is 50.3 Å². The van der Waals surface area contributed by atoms with Crippen LogP contribution in [-0.2, 0) is 14.8 Å². The second-order valence-electron chi connectivity index (χ2n) is 6.64. The summed E-state index contributed by atoms with van der Waals surface area (Å²) < 4.78 is 31.0. The summed E-state index contributed by atoms with van der Waals surface area (Å²) in [5.41, 5.74) is 1.65. The highest BCUT2D eigenvalue weighted by Gasteiger charge is 2.21. The molecule has 8 heteroatoms. The lowest BCUT2D eigenvalue weighted by Crippen LogP contribution is -2.32. The summed E-state index contributed by atoms with van der Waals surface area (Å²) in [6.45, 7) is 0.752. The van der Waals surface area contributed by atoms with Gasteiger partial charge in [-0.25, -0.2) is 8.42 Å². The van der Waals surface area contributed by atoms with E-state index >= 15 is 0 Å². The Morgan fingerprint density at radius 1 is 1.33 bits per heavy atom. The molecular weight excluding hydrogens is 388 g/mol. The molecule has 1 aromatic carbocycles. The van der Waals surface area contributed by atoms with Gasteiger partial charge in [-0.15, -0.1) is 0 Å². The first-order chi connectivity index (χ1) is 12.8. The summed E-state index contributed by atoms with van der Waals surface area (Å²) >= 11 is 6.02. The van der Waals surface area contributed by atoms with Crippen LogP contribution in [0.1, 0.15) is 38.5 Å². The molecule has 2 rings (SSSR count). The van der Waals surface area contributed by atoms with Gasteiger partial charge in [-0.1, -0.05) is 23.3 Å². The third-order valence-electron chi connectivity index (χ3n) is 4.47. The molecule has 1 N–H and O–H groups in total. The van der Waals surface area contributed by atoms with Crippen molar-refractivity contribution in [2.45, 2.75) is 38.5 Å². The Morgan fingerprint density at radius 2 is 2.11 bits per heavy atom. The van der Waals surface area contributed by atoms with Crippen molar-refractivity contribution >= 4 is 33.2 Å². The van der Waals surface area contributed by atoms with Crippen LogP contribution < -0.4 is 14.4 Å². The van der Waals surface area contributed by atoms with Crippen LogP contribution in [0.4, 0.5) is 5.69 Å². The number of sulfonamides is 1. The number of anilines is 1. The zero-order valence-electron chi connectivity index (χ0n) is 15.8. The molecular formula is C19H27ClN2O4S. The van der Waals surface area contributed by atoms with Crippen molar-refractivity contribution in [3.8, 4) is 5.75 Å². The van der Waals surface area contributed by atoms with Gasteiger partial charge >= 0.3 is 0 Å². The molecule has 6 nitrogen and oxygen atoms in total. The summed E-state index contributed by atoms with van der Waals surface area (Å²) in [5, 5.41) is 3.33. The molecule has 0 saturated heterocycles. The molecule has 1 aliphatic carbocycles. The number of hydrogen-bond acceptors (Lipinski definition) is 4. The number of ether oxygens (including phenoxy) is 1. The average Bonchev–Trinajstić information content (AvgIpc) is 2.63. The van der Waals surface area contributed by atoms with Crippen molar-refractivity contribution in [2.75, 3.05) is 30.8 Å². The normalized spacial score (nSPS) is 14.4. The Labute approximate surface area is 166 Å². The minimum Gasteiger partial charge on any atom is -0.495 e. The van der Waals surface area contributed by atoms with Crippen LogP contribution in [0.2, 0.25) is 5.02 Å². The van der Waals surface area contributed by atoms with Crippen LogP contribution >= 0.6 is 11.6 Å². The second kappa shape index (κ2) is 9.99. The number of halogens is 1. The van der Waals surface area contributed by atoms with E-state index in [9.17, 15) is 13.2 Å². The van der Waals surface area contributed by atoms with E-state index in [1.54, 1.807) is 18.2 Å². The van der Waals surface area contributed by atoms with Gasteiger partial charge in [0.1, 0.15) is 5.75 Å². The predicted octanol–water partition coefficient (Wildman–Crippen LogP) is 3.51. The highest BCUT2D eigenvalue weighted by atomic mass is 35.5. The predicted molar refractivity (Wildman–Crippen MR) is 109 cm³/mol. The number of nitrogens with one attached hydrogen (secondary N) is 1. The Hall–Kier alpha value is -1.73. The number of methoxy groups -OCH3 is 1. The molecule has 0 unspecified atom stereocenters.